The molecule has 0 heterocycles. The molecule has 0 fully saturated rings. The second-order valence-electron chi connectivity index (χ2n) is 5.50. The number of para-hydroxylation sites is 1. The quantitative estimate of drug-likeness (QED) is 0.841. The molecule has 0 spiro atoms. The van der Waals surface area contributed by atoms with Crippen molar-refractivity contribution in [2.45, 2.75) is 32.7 Å². The van der Waals surface area contributed by atoms with Crippen molar-refractivity contribution in [2.75, 3.05) is 20.7 Å². The summed E-state index contributed by atoms with van der Waals surface area (Å²) in [5.74, 6) is 1.28. The molecule has 2 N–H and O–H groups in total. The predicted molar refractivity (Wildman–Crippen MR) is 89.0 cm³/mol. The molecule has 0 radical (unpaired) electrons. The van der Waals surface area contributed by atoms with E-state index in [1.54, 1.807) is 12.0 Å². The monoisotopic (exact) mass is 314 g/mol. The van der Waals surface area contributed by atoms with Crippen LogP contribution in [-0.4, -0.2) is 37.6 Å². The van der Waals surface area contributed by atoms with Crippen LogP contribution < -0.4 is 10.5 Å². The van der Waals surface area contributed by atoms with Gasteiger partial charge in [0.2, 0.25) is 5.91 Å². The van der Waals surface area contributed by atoms with Crippen molar-refractivity contribution in [3.63, 3.8) is 0 Å². The third-order valence-corrected chi connectivity index (χ3v) is 3.61. The lowest BCUT2D eigenvalue weighted by molar-refractivity contribution is -0.129. The molecule has 0 saturated carbocycles. The summed E-state index contributed by atoms with van der Waals surface area (Å²) in [7, 11) is 3.44. The van der Waals surface area contributed by atoms with Crippen LogP contribution in [0.3, 0.4) is 0 Å². The van der Waals surface area contributed by atoms with Gasteiger partial charge in [0.25, 0.3) is 0 Å². The number of nitrogens with zero attached hydrogens (tertiary/aromatic N) is 1. The lowest BCUT2D eigenvalue weighted by Gasteiger charge is -2.22. The van der Waals surface area contributed by atoms with E-state index >= 15 is 0 Å². The van der Waals surface area contributed by atoms with Crippen molar-refractivity contribution in [1.29, 1.82) is 0 Å². The molecular formula is C16H27ClN2O2. The van der Waals surface area contributed by atoms with E-state index in [-0.39, 0.29) is 24.4 Å². The minimum absolute atomic E-state index is 0. The summed E-state index contributed by atoms with van der Waals surface area (Å²) in [6.07, 6.45) is 1.18. The summed E-state index contributed by atoms with van der Waals surface area (Å²) < 4.78 is 5.26. The van der Waals surface area contributed by atoms with E-state index in [1.165, 1.54) is 0 Å². The zero-order valence-electron chi connectivity index (χ0n) is 13.3. The normalized spacial score (nSPS) is 11.7. The van der Waals surface area contributed by atoms with Crippen molar-refractivity contribution < 1.29 is 9.53 Å². The molecule has 120 valence electrons. The maximum absolute atomic E-state index is 12.2. The first kappa shape index (κ1) is 19.7. The van der Waals surface area contributed by atoms with Gasteiger partial charge in [-0.2, -0.15) is 0 Å². The number of methoxy groups -OCH3 is 1. The van der Waals surface area contributed by atoms with Crippen LogP contribution in [0.25, 0.3) is 0 Å². The summed E-state index contributed by atoms with van der Waals surface area (Å²) in [5, 5.41) is 0. The van der Waals surface area contributed by atoms with E-state index in [0.29, 0.717) is 18.9 Å². The highest BCUT2D eigenvalue weighted by atomic mass is 35.5. The van der Waals surface area contributed by atoms with Crippen molar-refractivity contribution in [2.24, 2.45) is 11.7 Å². The maximum Gasteiger partial charge on any atom is 0.226 e. The molecule has 0 saturated heterocycles. The number of carbonyl (C=O) groups excluding carboxylic acids is 1. The first-order valence-corrected chi connectivity index (χ1v) is 7.07. The molecule has 0 aliphatic heterocycles. The first-order chi connectivity index (χ1) is 9.45. The first-order valence-electron chi connectivity index (χ1n) is 7.07. The van der Waals surface area contributed by atoms with Gasteiger partial charge in [0.05, 0.1) is 13.5 Å². The molecule has 0 bridgehead atoms. The Morgan fingerprint density at radius 1 is 1.33 bits per heavy atom. The van der Waals surface area contributed by atoms with Crippen LogP contribution in [0.4, 0.5) is 0 Å². The molecule has 1 aromatic carbocycles. The number of benzene rings is 1. The highest BCUT2D eigenvalue weighted by molar-refractivity contribution is 5.85. The van der Waals surface area contributed by atoms with Gasteiger partial charge in [-0.1, -0.05) is 32.0 Å². The van der Waals surface area contributed by atoms with Gasteiger partial charge in [-0.3, -0.25) is 4.79 Å². The number of carbonyl (C=O) groups is 1. The Kier molecular flexibility index (Phi) is 9.06. The fourth-order valence-corrected chi connectivity index (χ4v) is 1.95. The minimum atomic E-state index is 0. The molecule has 1 atom stereocenters. The van der Waals surface area contributed by atoms with Gasteiger partial charge in [0.1, 0.15) is 5.75 Å². The third-order valence-electron chi connectivity index (χ3n) is 3.61. The predicted octanol–water partition coefficient (Wildman–Crippen LogP) is 2.49. The molecule has 4 nitrogen and oxygen atoms in total. The van der Waals surface area contributed by atoms with E-state index in [2.05, 4.69) is 13.8 Å². The smallest absolute Gasteiger partial charge is 0.226 e. The molecule has 5 heteroatoms. The Labute approximate surface area is 134 Å². The summed E-state index contributed by atoms with van der Waals surface area (Å²) in [4.78, 5) is 13.9. The number of rotatable bonds is 7. The van der Waals surface area contributed by atoms with Crippen LogP contribution in [0.2, 0.25) is 0 Å². The lowest BCUT2D eigenvalue weighted by atomic mass is 10.0. The number of halogens is 1. The van der Waals surface area contributed by atoms with E-state index in [1.807, 2.05) is 31.3 Å². The summed E-state index contributed by atoms with van der Waals surface area (Å²) >= 11 is 0. The Morgan fingerprint density at radius 3 is 2.52 bits per heavy atom. The topological polar surface area (TPSA) is 55.6 Å². The van der Waals surface area contributed by atoms with Crippen molar-refractivity contribution in [3.8, 4) is 5.75 Å². The van der Waals surface area contributed by atoms with E-state index in [0.717, 1.165) is 17.7 Å². The fourth-order valence-electron chi connectivity index (χ4n) is 1.95. The van der Waals surface area contributed by atoms with Crippen LogP contribution in [0.15, 0.2) is 24.3 Å². The molecule has 0 aliphatic carbocycles. The van der Waals surface area contributed by atoms with Crippen LogP contribution in [0.1, 0.15) is 25.8 Å². The minimum Gasteiger partial charge on any atom is -0.496 e. The van der Waals surface area contributed by atoms with E-state index in [9.17, 15) is 4.79 Å². The number of hydrogen-bond acceptors (Lipinski definition) is 3. The van der Waals surface area contributed by atoms with Gasteiger partial charge in [-0.15, -0.1) is 12.4 Å². The standard InChI is InChI=1S/C16H26N2O2.ClH/c1-12(2)14(17)9-10-18(3)16(19)11-13-7-5-6-8-15(13)20-4;/h5-8,12,14H,9-11,17H2,1-4H3;1H. The Hall–Kier alpha value is -1.26. The zero-order chi connectivity index (χ0) is 15.1. The third kappa shape index (κ3) is 6.36. The lowest BCUT2D eigenvalue weighted by Crippen LogP contribution is -2.35. The molecule has 1 rings (SSSR count). The van der Waals surface area contributed by atoms with Gasteiger partial charge in [-0.05, 0) is 18.4 Å². The number of likely N-dealkylation sites (N-methyl/N-ethyl adjacent to an activating group) is 1. The van der Waals surface area contributed by atoms with E-state index < -0.39 is 0 Å². The second kappa shape index (κ2) is 9.64. The number of ether oxygens (including phenoxy) is 1. The Morgan fingerprint density at radius 2 is 1.95 bits per heavy atom. The average molecular weight is 315 g/mol. The zero-order valence-corrected chi connectivity index (χ0v) is 14.2. The van der Waals surface area contributed by atoms with Crippen LogP contribution in [-0.2, 0) is 11.2 Å². The molecule has 1 amide bonds. The van der Waals surface area contributed by atoms with Crippen molar-refractivity contribution >= 4 is 18.3 Å². The van der Waals surface area contributed by atoms with Gasteiger partial charge >= 0.3 is 0 Å². The number of hydrogen-bond donors (Lipinski definition) is 1. The fraction of sp³-hybridized carbons (Fsp3) is 0.562. The molecular weight excluding hydrogens is 288 g/mol. The highest BCUT2D eigenvalue weighted by Gasteiger charge is 2.14. The molecule has 1 unspecified atom stereocenters. The highest BCUT2D eigenvalue weighted by Crippen LogP contribution is 2.18. The molecule has 1 aromatic rings. The number of amides is 1. The SMILES string of the molecule is COc1ccccc1CC(=O)N(C)CCC(N)C(C)C.Cl. The summed E-state index contributed by atoms with van der Waals surface area (Å²) in [5.41, 5.74) is 6.92. The second-order valence-corrected chi connectivity index (χ2v) is 5.50. The Balaban J connectivity index is 0.00000400. The van der Waals surface area contributed by atoms with Crippen LogP contribution in [0, 0.1) is 5.92 Å². The van der Waals surface area contributed by atoms with Gasteiger partial charge < -0.3 is 15.4 Å². The van der Waals surface area contributed by atoms with Gasteiger partial charge in [0.15, 0.2) is 0 Å². The Bertz CT molecular complexity index is 438. The van der Waals surface area contributed by atoms with Gasteiger partial charge in [0, 0.05) is 25.2 Å². The molecule has 21 heavy (non-hydrogen) atoms. The van der Waals surface area contributed by atoms with Crippen molar-refractivity contribution in [3.05, 3.63) is 29.8 Å². The average Bonchev–Trinajstić information content (AvgIpc) is 2.44. The van der Waals surface area contributed by atoms with E-state index in [4.69, 9.17) is 10.5 Å². The maximum atomic E-state index is 12.2. The largest absolute Gasteiger partial charge is 0.496 e. The van der Waals surface area contributed by atoms with Crippen LogP contribution >= 0.6 is 12.4 Å². The summed E-state index contributed by atoms with van der Waals surface area (Å²) in [6.45, 7) is 4.88. The molecule has 0 aliphatic rings. The van der Waals surface area contributed by atoms with Crippen molar-refractivity contribution in [1.82, 2.24) is 4.90 Å². The van der Waals surface area contributed by atoms with Crippen LogP contribution in [0.5, 0.6) is 5.75 Å². The summed E-state index contributed by atoms with van der Waals surface area (Å²) in [6, 6.07) is 7.75. The van der Waals surface area contributed by atoms with Gasteiger partial charge in [-0.25, -0.2) is 0 Å². The number of nitrogens with two attached hydrogens (primary N) is 1. The molecule has 0 aromatic heterocycles.